The van der Waals surface area contributed by atoms with Gasteiger partial charge in [0.2, 0.25) is 5.91 Å². The van der Waals surface area contributed by atoms with Gasteiger partial charge in [0.25, 0.3) is 0 Å². The van der Waals surface area contributed by atoms with Crippen LogP contribution in [0.3, 0.4) is 0 Å². The van der Waals surface area contributed by atoms with Gasteiger partial charge in [-0.05, 0) is 23.6 Å². The molecule has 2 rings (SSSR count). The molecule has 0 fully saturated rings. The number of carbonyl (C=O) groups excluding carboxylic acids is 1. The molecule has 0 saturated heterocycles. The summed E-state index contributed by atoms with van der Waals surface area (Å²) in [5.41, 5.74) is 0.695. The largest absolute Gasteiger partial charge is 0.416 e. The van der Waals surface area contributed by atoms with E-state index in [4.69, 9.17) is 0 Å². The van der Waals surface area contributed by atoms with Crippen molar-refractivity contribution >= 4 is 47.2 Å². The van der Waals surface area contributed by atoms with Crippen molar-refractivity contribution in [2.75, 3.05) is 20.6 Å². The normalized spacial score (nSPS) is 11.8. The van der Waals surface area contributed by atoms with Gasteiger partial charge in [-0.25, -0.2) is 9.98 Å². The van der Waals surface area contributed by atoms with Gasteiger partial charge in [0.15, 0.2) is 5.96 Å². The van der Waals surface area contributed by atoms with Crippen LogP contribution in [0.4, 0.5) is 13.2 Å². The number of aromatic nitrogens is 1. The molecule has 0 aliphatic rings. The number of likely N-dealkylation sites (N-methyl/N-ethyl adjacent to an activating group) is 1. The molecule has 31 heavy (non-hydrogen) atoms. The molecule has 0 aliphatic carbocycles. The van der Waals surface area contributed by atoms with Crippen molar-refractivity contribution in [1.29, 1.82) is 0 Å². The third-order valence-electron chi connectivity index (χ3n) is 4.15. The zero-order chi connectivity index (χ0) is 22.3. The Bertz CT molecular complexity index is 884. The van der Waals surface area contributed by atoms with Gasteiger partial charge in [0.05, 0.1) is 30.9 Å². The van der Waals surface area contributed by atoms with Crippen LogP contribution < -0.4 is 10.6 Å². The van der Waals surface area contributed by atoms with Gasteiger partial charge in [-0.3, -0.25) is 4.79 Å². The van der Waals surface area contributed by atoms with Gasteiger partial charge in [-0.2, -0.15) is 13.2 Å². The maximum Gasteiger partial charge on any atom is 0.416 e. The molecule has 6 nitrogen and oxygen atoms in total. The number of benzene rings is 1. The van der Waals surface area contributed by atoms with Gasteiger partial charge < -0.3 is 15.5 Å². The molecule has 2 aromatic rings. The molecule has 0 atom stereocenters. The van der Waals surface area contributed by atoms with E-state index >= 15 is 0 Å². The number of guanidine groups is 1. The lowest BCUT2D eigenvalue weighted by molar-refractivity contribution is -0.137. The third-order valence-corrected chi connectivity index (χ3v) is 5.02. The van der Waals surface area contributed by atoms with Crippen LogP contribution >= 0.6 is 35.3 Å². The Hall–Kier alpha value is -1.89. The topological polar surface area (TPSA) is 69.6 Å². The summed E-state index contributed by atoms with van der Waals surface area (Å²) in [6, 6.07) is 5.03. The first-order chi connectivity index (χ1) is 14.1. The van der Waals surface area contributed by atoms with E-state index in [2.05, 4.69) is 34.5 Å². The molecular formula is C20H27F3IN5OS. The number of nitrogens with one attached hydrogen (secondary N) is 2. The molecule has 1 aromatic carbocycles. The molecular weight excluding hydrogens is 542 g/mol. The van der Waals surface area contributed by atoms with Crippen LogP contribution in [0.25, 0.3) is 0 Å². The number of hydrogen-bond acceptors (Lipinski definition) is 4. The first kappa shape index (κ1) is 27.1. The summed E-state index contributed by atoms with van der Waals surface area (Å²) >= 11 is 1.51. The van der Waals surface area contributed by atoms with Gasteiger partial charge in [0, 0.05) is 19.5 Å². The zero-order valence-corrected chi connectivity index (χ0v) is 20.9. The highest BCUT2D eigenvalue weighted by Crippen LogP contribution is 2.29. The number of alkyl halides is 3. The van der Waals surface area contributed by atoms with E-state index in [1.807, 2.05) is 5.38 Å². The Morgan fingerprint density at radius 2 is 1.97 bits per heavy atom. The van der Waals surface area contributed by atoms with Crippen LogP contribution in [-0.2, 0) is 24.1 Å². The minimum absolute atomic E-state index is 0. The van der Waals surface area contributed by atoms with Crippen LogP contribution in [0, 0.1) is 0 Å². The number of hydrogen-bond donors (Lipinski definition) is 2. The quantitative estimate of drug-likeness (QED) is 0.298. The summed E-state index contributed by atoms with van der Waals surface area (Å²) < 4.78 is 38.7. The summed E-state index contributed by atoms with van der Waals surface area (Å²) in [7, 11) is 3.28. The van der Waals surface area contributed by atoms with Crippen LogP contribution in [0.2, 0.25) is 0 Å². The van der Waals surface area contributed by atoms with Crippen molar-refractivity contribution in [2.24, 2.45) is 4.99 Å². The Morgan fingerprint density at radius 1 is 1.26 bits per heavy atom. The second-order valence-electron chi connectivity index (χ2n) is 7.18. The minimum Gasteiger partial charge on any atom is -0.350 e. The van der Waals surface area contributed by atoms with Crippen molar-refractivity contribution in [3.05, 3.63) is 51.5 Å². The van der Waals surface area contributed by atoms with Gasteiger partial charge in [0.1, 0.15) is 5.01 Å². The first-order valence-electron chi connectivity index (χ1n) is 9.39. The molecule has 0 saturated carbocycles. The van der Waals surface area contributed by atoms with Crippen molar-refractivity contribution in [3.8, 4) is 0 Å². The van der Waals surface area contributed by atoms with Gasteiger partial charge in [-0.15, -0.1) is 35.3 Å². The predicted molar refractivity (Wildman–Crippen MR) is 128 cm³/mol. The molecule has 1 amide bonds. The van der Waals surface area contributed by atoms with E-state index in [1.54, 1.807) is 20.2 Å². The highest BCUT2D eigenvalue weighted by Gasteiger charge is 2.30. The first-order valence-corrected chi connectivity index (χ1v) is 10.3. The number of halogens is 4. The molecule has 172 valence electrons. The molecule has 0 bridgehead atoms. The van der Waals surface area contributed by atoms with Crippen molar-refractivity contribution in [2.45, 2.75) is 39.0 Å². The average Bonchev–Trinajstić information content (AvgIpc) is 3.16. The fourth-order valence-corrected chi connectivity index (χ4v) is 3.23. The number of rotatable bonds is 7. The predicted octanol–water partition coefficient (Wildman–Crippen LogP) is 4.23. The monoisotopic (exact) mass is 569 g/mol. The maximum absolute atomic E-state index is 12.9. The highest BCUT2D eigenvalue weighted by atomic mass is 127. The zero-order valence-electron chi connectivity index (χ0n) is 17.8. The van der Waals surface area contributed by atoms with Crippen LogP contribution in [0.1, 0.15) is 41.6 Å². The van der Waals surface area contributed by atoms with E-state index in [-0.39, 0.29) is 43.0 Å². The SMILES string of the molecule is CC(C)c1csc(CNC(=NCc2cccc(C(F)(F)F)c2)NCC(=O)N(C)C)n1.I. The lowest BCUT2D eigenvalue weighted by atomic mass is 10.1. The van der Waals surface area contributed by atoms with Crippen LogP contribution in [0.5, 0.6) is 0 Å². The van der Waals surface area contributed by atoms with Crippen molar-refractivity contribution in [1.82, 2.24) is 20.5 Å². The Morgan fingerprint density at radius 3 is 2.55 bits per heavy atom. The molecule has 1 heterocycles. The number of nitrogens with zero attached hydrogens (tertiary/aromatic N) is 3. The van der Waals surface area contributed by atoms with Gasteiger partial charge >= 0.3 is 6.18 Å². The van der Waals surface area contributed by atoms with Gasteiger partial charge in [-0.1, -0.05) is 26.0 Å². The second-order valence-corrected chi connectivity index (χ2v) is 8.12. The fraction of sp³-hybridized carbons (Fsp3) is 0.450. The Balaban J connectivity index is 0.00000480. The smallest absolute Gasteiger partial charge is 0.350 e. The van der Waals surface area contributed by atoms with E-state index in [1.165, 1.54) is 22.3 Å². The summed E-state index contributed by atoms with van der Waals surface area (Å²) in [5.74, 6) is 0.490. The van der Waals surface area contributed by atoms with Crippen LogP contribution in [-0.4, -0.2) is 42.4 Å². The van der Waals surface area contributed by atoms with Crippen LogP contribution in [0.15, 0.2) is 34.6 Å². The molecule has 0 aliphatic heterocycles. The molecule has 2 N–H and O–H groups in total. The molecule has 0 spiro atoms. The maximum atomic E-state index is 12.9. The third kappa shape index (κ3) is 9.01. The summed E-state index contributed by atoms with van der Waals surface area (Å²) in [6.45, 7) is 4.55. The number of carbonyl (C=O) groups is 1. The van der Waals surface area contributed by atoms with E-state index in [0.717, 1.165) is 22.8 Å². The highest BCUT2D eigenvalue weighted by molar-refractivity contribution is 14.0. The molecule has 0 radical (unpaired) electrons. The lowest BCUT2D eigenvalue weighted by Crippen LogP contribution is -2.42. The summed E-state index contributed by atoms with van der Waals surface area (Å²) in [5, 5.41) is 8.85. The van der Waals surface area contributed by atoms with Crippen molar-refractivity contribution in [3.63, 3.8) is 0 Å². The van der Waals surface area contributed by atoms with Crippen molar-refractivity contribution < 1.29 is 18.0 Å². The number of thiazole rings is 1. The lowest BCUT2D eigenvalue weighted by Gasteiger charge is -2.14. The number of amides is 1. The summed E-state index contributed by atoms with van der Waals surface area (Å²) in [6.07, 6.45) is -4.41. The Kier molecular flexibility index (Phi) is 10.7. The molecule has 11 heteroatoms. The van der Waals surface area contributed by atoms with E-state index < -0.39 is 11.7 Å². The minimum atomic E-state index is -4.41. The van der Waals surface area contributed by atoms with E-state index in [9.17, 15) is 18.0 Å². The molecule has 0 unspecified atom stereocenters. The van der Waals surface area contributed by atoms with E-state index in [0.29, 0.717) is 24.0 Å². The molecule has 1 aromatic heterocycles. The summed E-state index contributed by atoms with van der Waals surface area (Å²) in [4.78, 5) is 22.2. The average molecular weight is 569 g/mol. The number of aliphatic imine (C=N–C) groups is 1. The fourth-order valence-electron chi connectivity index (χ4n) is 2.34. The standard InChI is InChI=1S/C20H26F3N5OS.HI/c1-13(2)16-12-30-17(27-16)10-25-19(26-11-18(29)28(3)4)24-9-14-6-5-7-15(8-14)20(21,22)23;/h5-8,12-13H,9-11H2,1-4H3,(H2,24,25,26);1H. The Labute approximate surface area is 201 Å². The second kappa shape index (κ2) is 12.2.